The molecule has 2 N–H and O–H groups in total. The Hall–Kier alpha value is -1.89. The predicted octanol–water partition coefficient (Wildman–Crippen LogP) is 0.866. The summed E-state index contributed by atoms with van der Waals surface area (Å²) in [5.41, 5.74) is 1.30. The SMILES string of the molecule is Cc1csc(-n2[nH]c(C)c(CC(=O)O)c2=O)n1. The Morgan fingerprint density at radius 3 is 2.82 bits per heavy atom. The normalized spacial score (nSPS) is 10.7. The molecular weight excluding hydrogens is 242 g/mol. The van der Waals surface area contributed by atoms with Gasteiger partial charge >= 0.3 is 5.97 Å². The monoisotopic (exact) mass is 253 g/mol. The maximum Gasteiger partial charge on any atom is 0.308 e. The lowest BCUT2D eigenvalue weighted by molar-refractivity contribution is -0.136. The van der Waals surface area contributed by atoms with Gasteiger partial charge in [-0.3, -0.25) is 14.7 Å². The van der Waals surface area contributed by atoms with Crippen LogP contribution in [-0.4, -0.2) is 25.8 Å². The summed E-state index contributed by atoms with van der Waals surface area (Å²) in [4.78, 5) is 26.8. The van der Waals surface area contributed by atoms with Gasteiger partial charge in [0.1, 0.15) is 0 Å². The Morgan fingerprint density at radius 1 is 1.59 bits per heavy atom. The molecule has 0 saturated heterocycles. The van der Waals surface area contributed by atoms with Gasteiger partial charge in [0.25, 0.3) is 5.56 Å². The summed E-state index contributed by atoms with van der Waals surface area (Å²) < 4.78 is 1.28. The highest BCUT2D eigenvalue weighted by Gasteiger charge is 2.16. The van der Waals surface area contributed by atoms with Crippen LogP contribution in [0, 0.1) is 13.8 Å². The molecule has 90 valence electrons. The van der Waals surface area contributed by atoms with E-state index in [-0.39, 0.29) is 17.5 Å². The largest absolute Gasteiger partial charge is 0.481 e. The molecular formula is C10H11N3O3S. The van der Waals surface area contributed by atoms with E-state index in [9.17, 15) is 9.59 Å². The van der Waals surface area contributed by atoms with Crippen LogP contribution in [0.2, 0.25) is 0 Å². The molecule has 0 amide bonds. The molecule has 0 unspecified atom stereocenters. The number of H-pyrrole nitrogens is 1. The summed E-state index contributed by atoms with van der Waals surface area (Å²) in [7, 11) is 0. The van der Waals surface area contributed by atoms with Crippen molar-refractivity contribution in [2.24, 2.45) is 0 Å². The predicted molar refractivity (Wildman–Crippen MR) is 62.9 cm³/mol. The summed E-state index contributed by atoms with van der Waals surface area (Å²) in [6, 6.07) is 0. The zero-order chi connectivity index (χ0) is 12.6. The van der Waals surface area contributed by atoms with Crippen LogP contribution < -0.4 is 5.56 Å². The van der Waals surface area contributed by atoms with Gasteiger partial charge in [0.05, 0.1) is 17.7 Å². The number of nitrogens with one attached hydrogen (secondary N) is 1. The lowest BCUT2D eigenvalue weighted by atomic mass is 10.2. The number of carboxylic acids is 1. The van der Waals surface area contributed by atoms with Crippen molar-refractivity contribution in [3.8, 4) is 5.13 Å². The fourth-order valence-corrected chi connectivity index (χ4v) is 2.28. The van der Waals surface area contributed by atoms with Gasteiger partial charge in [-0.1, -0.05) is 0 Å². The molecule has 0 fully saturated rings. The third kappa shape index (κ3) is 2.14. The molecule has 0 saturated carbocycles. The number of rotatable bonds is 3. The van der Waals surface area contributed by atoms with Crippen LogP contribution in [0.4, 0.5) is 0 Å². The van der Waals surface area contributed by atoms with Crippen molar-refractivity contribution in [1.82, 2.24) is 14.8 Å². The van der Waals surface area contributed by atoms with Gasteiger partial charge in [-0.05, 0) is 13.8 Å². The van der Waals surface area contributed by atoms with E-state index in [4.69, 9.17) is 5.11 Å². The highest BCUT2D eigenvalue weighted by Crippen LogP contribution is 2.13. The second-order valence-corrected chi connectivity index (χ2v) is 4.53. The number of hydrogen-bond acceptors (Lipinski definition) is 4. The Balaban J connectivity index is 2.51. The molecule has 2 aromatic rings. The minimum absolute atomic E-state index is 0.269. The average Bonchev–Trinajstić information content (AvgIpc) is 2.76. The Bertz CT molecular complexity index is 623. The lowest BCUT2D eigenvalue weighted by Crippen LogP contribution is -2.19. The number of aromatic amines is 1. The van der Waals surface area contributed by atoms with E-state index in [2.05, 4.69) is 10.1 Å². The van der Waals surface area contributed by atoms with Crippen LogP contribution in [-0.2, 0) is 11.2 Å². The molecule has 0 aliphatic rings. The van der Waals surface area contributed by atoms with Gasteiger partial charge in [-0.15, -0.1) is 11.3 Å². The fraction of sp³-hybridized carbons (Fsp3) is 0.300. The quantitative estimate of drug-likeness (QED) is 0.849. The first-order chi connectivity index (χ1) is 7.99. The topological polar surface area (TPSA) is 88.0 Å². The smallest absolute Gasteiger partial charge is 0.308 e. The zero-order valence-electron chi connectivity index (χ0n) is 9.35. The van der Waals surface area contributed by atoms with Crippen LogP contribution in [0.25, 0.3) is 5.13 Å². The van der Waals surface area contributed by atoms with Crippen molar-refractivity contribution in [2.75, 3.05) is 0 Å². The summed E-state index contributed by atoms with van der Waals surface area (Å²) in [6.07, 6.45) is -0.279. The van der Waals surface area contributed by atoms with E-state index < -0.39 is 5.97 Å². The third-order valence-corrected chi connectivity index (χ3v) is 3.26. The van der Waals surface area contributed by atoms with Gasteiger partial charge in [-0.25, -0.2) is 4.98 Å². The Morgan fingerprint density at radius 2 is 2.29 bits per heavy atom. The van der Waals surface area contributed by atoms with E-state index in [0.29, 0.717) is 10.8 Å². The van der Waals surface area contributed by atoms with Crippen LogP contribution in [0.3, 0.4) is 0 Å². The molecule has 2 aromatic heterocycles. The van der Waals surface area contributed by atoms with Gasteiger partial charge in [0.15, 0.2) is 0 Å². The first-order valence-electron chi connectivity index (χ1n) is 4.94. The molecule has 0 bridgehead atoms. The number of nitrogens with zero attached hydrogens (tertiary/aromatic N) is 2. The van der Waals surface area contributed by atoms with Crippen LogP contribution in [0.5, 0.6) is 0 Å². The lowest BCUT2D eigenvalue weighted by Gasteiger charge is -1.93. The highest BCUT2D eigenvalue weighted by atomic mass is 32.1. The molecule has 0 aromatic carbocycles. The molecule has 2 heterocycles. The summed E-state index contributed by atoms with van der Waals surface area (Å²) in [5, 5.41) is 13.9. The first kappa shape index (κ1) is 11.6. The van der Waals surface area contributed by atoms with E-state index in [1.807, 2.05) is 12.3 Å². The van der Waals surface area contributed by atoms with Crippen molar-refractivity contribution in [3.63, 3.8) is 0 Å². The maximum atomic E-state index is 12.0. The van der Waals surface area contributed by atoms with Crippen LogP contribution in [0.15, 0.2) is 10.2 Å². The Kier molecular flexibility index (Phi) is 2.84. The fourth-order valence-electron chi connectivity index (χ4n) is 1.52. The molecule has 0 atom stereocenters. The van der Waals surface area contributed by atoms with Crippen LogP contribution in [0.1, 0.15) is 17.0 Å². The molecule has 17 heavy (non-hydrogen) atoms. The summed E-state index contributed by atoms with van der Waals surface area (Å²) >= 11 is 1.33. The molecule has 7 heteroatoms. The average molecular weight is 253 g/mol. The number of thiazole rings is 1. The number of carbonyl (C=O) groups is 1. The molecule has 0 radical (unpaired) electrons. The van der Waals surface area contributed by atoms with E-state index in [0.717, 1.165) is 5.69 Å². The minimum Gasteiger partial charge on any atom is -0.481 e. The Labute approximate surface area is 101 Å². The molecule has 0 aliphatic carbocycles. The van der Waals surface area contributed by atoms with Crippen molar-refractivity contribution < 1.29 is 9.90 Å². The van der Waals surface area contributed by atoms with E-state index in [1.54, 1.807) is 6.92 Å². The standard InChI is InChI=1S/C10H11N3O3S/c1-5-4-17-10(11-5)13-9(16)7(3-8(14)15)6(2)12-13/h4,12H,3H2,1-2H3,(H,14,15). The summed E-state index contributed by atoms with van der Waals surface area (Å²) in [6.45, 7) is 3.51. The maximum absolute atomic E-state index is 12.0. The number of hydrogen-bond donors (Lipinski definition) is 2. The highest BCUT2D eigenvalue weighted by molar-refractivity contribution is 7.12. The molecule has 6 nitrogen and oxygen atoms in total. The van der Waals surface area contributed by atoms with E-state index in [1.165, 1.54) is 16.0 Å². The van der Waals surface area contributed by atoms with Gasteiger partial charge < -0.3 is 5.11 Å². The van der Waals surface area contributed by atoms with Crippen molar-refractivity contribution in [2.45, 2.75) is 20.3 Å². The number of aliphatic carboxylic acids is 1. The summed E-state index contributed by atoms with van der Waals surface area (Å²) in [5.74, 6) is -1.02. The van der Waals surface area contributed by atoms with E-state index >= 15 is 0 Å². The zero-order valence-corrected chi connectivity index (χ0v) is 10.2. The van der Waals surface area contributed by atoms with Crippen molar-refractivity contribution >= 4 is 17.3 Å². The first-order valence-corrected chi connectivity index (χ1v) is 5.82. The van der Waals surface area contributed by atoms with Gasteiger partial charge in [0.2, 0.25) is 5.13 Å². The molecule has 2 rings (SSSR count). The number of aromatic nitrogens is 3. The second kappa shape index (κ2) is 4.17. The van der Waals surface area contributed by atoms with Gasteiger partial charge in [0, 0.05) is 11.1 Å². The molecule has 0 aliphatic heterocycles. The van der Waals surface area contributed by atoms with Crippen molar-refractivity contribution in [3.05, 3.63) is 32.7 Å². The molecule has 0 spiro atoms. The number of carboxylic acid groups (broad SMARTS) is 1. The third-order valence-electron chi connectivity index (χ3n) is 2.32. The minimum atomic E-state index is -1.02. The van der Waals surface area contributed by atoms with Gasteiger partial charge in [-0.2, -0.15) is 4.68 Å². The second-order valence-electron chi connectivity index (χ2n) is 3.70. The van der Waals surface area contributed by atoms with Crippen LogP contribution >= 0.6 is 11.3 Å². The number of aryl methyl sites for hydroxylation is 2. The van der Waals surface area contributed by atoms with Crippen molar-refractivity contribution in [1.29, 1.82) is 0 Å².